The van der Waals surface area contributed by atoms with E-state index in [0.29, 0.717) is 0 Å². The summed E-state index contributed by atoms with van der Waals surface area (Å²) in [5, 5.41) is 0. The van der Waals surface area contributed by atoms with Crippen LogP contribution in [0.5, 0.6) is 0 Å². The average molecular weight is 308 g/mol. The molecule has 0 radical (unpaired) electrons. The first-order chi connectivity index (χ1) is 11.1. The summed E-state index contributed by atoms with van der Waals surface area (Å²) < 4.78 is 5.04. The van der Waals surface area contributed by atoms with Crippen molar-refractivity contribution < 1.29 is 4.74 Å². The van der Waals surface area contributed by atoms with Gasteiger partial charge in [-0.2, -0.15) is 0 Å². The van der Waals surface area contributed by atoms with Gasteiger partial charge in [-0.15, -0.1) is 0 Å². The summed E-state index contributed by atoms with van der Waals surface area (Å²) in [5.74, 6) is 0.727. The maximum Gasteiger partial charge on any atom is 0.118 e. The molecule has 1 nitrogen and oxygen atoms in total. The van der Waals surface area contributed by atoms with Crippen LogP contribution in [0, 0.1) is 0 Å². The van der Waals surface area contributed by atoms with Gasteiger partial charge in [-0.3, -0.25) is 0 Å². The standard InChI is InChI=1S/C11H14O.C11H14/c1-4-10-6-5-7-11(8-10)9(2)12-3;1-3-5-11-8-6-10(4-2)7-9-11/h5-8H,2,4H2,1,3H3;4,6-9H,2-3,5H2,1H3. The van der Waals surface area contributed by atoms with E-state index in [2.05, 4.69) is 63.4 Å². The van der Waals surface area contributed by atoms with E-state index in [9.17, 15) is 0 Å². The lowest BCUT2D eigenvalue weighted by Crippen LogP contribution is -1.87. The minimum absolute atomic E-state index is 0.727. The lowest BCUT2D eigenvalue weighted by molar-refractivity contribution is 0.371. The highest BCUT2D eigenvalue weighted by molar-refractivity contribution is 5.57. The molecule has 122 valence electrons. The minimum Gasteiger partial charge on any atom is -0.497 e. The highest BCUT2D eigenvalue weighted by Gasteiger charge is 1.97. The summed E-state index contributed by atoms with van der Waals surface area (Å²) in [6.45, 7) is 11.8. The van der Waals surface area contributed by atoms with Gasteiger partial charge in [-0.25, -0.2) is 0 Å². The Morgan fingerprint density at radius 3 is 2.26 bits per heavy atom. The van der Waals surface area contributed by atoms with Gasteiger partial charge in [-0.1, -0.05) is 82.0 Å². The molecule has 0 N–H and O–H groups in total. The number of benzene rings is 2. The van der Waals surface area contributed by atoms with Crippen LogP contribution in [-0.4, -0.2) is 7.11 Å². The Bertz CT molecular complexity index is 608. The fourth-order valence-electron chi connectivity index (χ4n) is 2.19. The Kier molecular flexibility index (Phi) is 8.52. The van der Waals surface area contributed by atoms with Crippen LogP contribution < -0.4 is 0 Å². The molecule has 23 heavy (non-hydrogen) atoms. The molecule has 0 atom stereocenters. The molecule has 0 aromatic heterocycles. The molecule has 2 rings (SSSR count). The van der Waals surface area contributed by atoms with Gasteiger partial charge in [0.05, 0.1) is 7.11 Å². The van der Waals surface area contributed by atoms with Crippen LogP contribution in [0.15, 0.2) is 61.7 Å². The molecule has 0 amide bonds. The largest absolute Gasteiger partial charge is 0.497 e. The summed E-state index contributed by atoms with van der Waals surface area (Å²) in [5.41, 5.74) is 4.99. The van der Waals surface area contributed by atoms with Crippen LogP contribution in [0.4, 0.5) is 0 Å². The normalized spacial score (nSPS) is 9.52. The van der Waals surface area contributed by atoms with Crippen LogP contribution in [-0.2, 0) is 17.6 Å². The highest BCUT2D eigenvalue weighted by Crippen LogP contribution is 2.14. The molecule has 0 aliphatic carbocycles. The van der Waals surface area contributed by atoms with Crippen molar-refractivity contribution in [2.45, 2.75) is 33.1 Å². The van der Waals surface area contributed by atoms with Gasteiger partial charge in [0, 0.05) is 5.56 Å². The average Bonchev–Trinajstić information content (AvgIpc) is 2.62. The van der Waals surface area contributed by atoms with Gasteiger partial charge >= 0.3 is 0 Å². The van der Waals surface area contributed by atoms with Crippen molar-refractivity contribution in [3.63, 3.8) is 0 Å². The first-order valence-corrected chi connectivity index (χ1v) is 8.18. The maximum atomic E-state index is 5.04. The third-order valence-electron chi connectivity index (χ3n) is 3.66. The van der Waals surface area contributed by atoms with E-state index in [-0.39, 0.29) is 0 Å². The Balaban J connectivity index is 0.000000231. The third kappa shape index (κ3) is 6.56. The van der Waals surface area contributed by atoms with E-state index < -0.39 is 0 Å². The first-order valence-electron chi connectivity index (χ1n) is 8.18. The molecule has 0 heterocycles. The van der Waals surface area contributed by atoms with Gasteiger partial charge in [0.1, 0.15) is 5.76 Å². The van der Waals surface area contributed by atoms with Gasteiger partial charge in [-0.05, 0) is 35.6 Å². The number of aryl methyl sites for hydroxylation is 2. The smallest absolute Gasteiger partial charge is 0.118 e. The monoisotopic (exact) mass is 308 g/mol. The van der Waals surface area contributed by atoms with Gasteiger partial charge in [0.2, 0.25) is 0 Å². The fourth-order valence-corrected chi connectivity index (χ4v) is 2.19. The molecular weight excluding hydrogens is 280 g/mol. The zero-order valence-corrected chi connectivity index (χ0v) is 14.6. The lowest BCUT2D eigenvalue weighted by Gasteiger charge is -2.05. The lowest BCUT2D eigenvalue weighted by atomic mass is 10.1. The topological polar surface area (TPSA) is 9.23 Å². The van der Waals surface area contributed by atoms with Gasteiger partial charge < -0.3 is 4.74 Å². The second kappa shape index (κ2) is 10.4. The summed E-state index contributed by atoms with van der Waals surface area (Å²) in [6.07, 6.45) is 5.31. The highest BCUT2D eigenvalue weighted by atomic mass is 16.5. The summed E-state index contributed by atoms with van der Waals surface area (Å²) in [7, 11) is 1.64. The molecule has 0 unspecified atom stereocenters. The zero-order chi connectivity index (χ0) is 17.1. The molecule has 0 aliphatic heterocycles. The van der Waals surface area contributed by atoms with Crippen molar-refractivity contribution in [3.8, 4) is 0 Å². The number of rotatable bonds is 6. The van der Waals surface area contributed by atoms with Crippen molar-refractivity contribution >= 4 is 11.8 Å². The Morgan fingerprint density at radius 1 is 1.04 bits per heavy atom. The van der Waals surface area contributed by atoms with Crippen LogP contribution in [0.3, 0.4) is 0 Å². The molecule has 0 saturated heterocycles. The third-order valence-corrected chi connectivity index (χ3v) is 3.66. The van der Waals surface area contributed by atoms with E-state index in [4.69, 9.17) is 4.74 Å². The van der Waals surface area contributed by atoms with E-state index in [1.165, 1.54) is 29.5 Å². The summed E-state index contributed by atoms with van der Waals surface area (Å²) in [6, 6.07) is 16.8. The number of hydrogen-bond donors (Lipinski definition) is 0. The minimum atomic E-state index is 0.727. The van der Waals surface area contributed by atoms with Crippen LogP contribution in [0.25, 0.3) is 11.8 Å². The number of methoxy groups -OCH3 is 1. The number of hydrogen-bond acceptors (Lipinski definition) is 1. The molecule has 0 fully saturated rings. The van der Waals surface area contributed by atoms with E-state index in [1.807, 2.05) is 18.2 Å². The van der Waals surface area contributed by atoms with Crippen molar-refractivity contribution in [2.75, 3.05) is 7.11 Å². The SMILES string of the molecule is C=C(OC)c1cccc(CC)c1.C=Cc1ccc(CCC)cc1. The first kappa shape index (κ1) is 18.8. The van der Waals surface area contributed by atoms with Gasteiger partial charge in [0.25, 0.3) is 0 Å². The van der Waals surface area contributed by atoms with Crippen molar-refractivity contribution in [1.82, 2.24) is 0 Å². The molecule has 2 aromatic carbocycles. The second-order valence-corrected chi connectivity index (χ2v) is 5.38. The Hall–Kier alpha value is -2.28. The quantitative estimate of drug-likeness (QED) is 0.582. The predicted molar refractivity (Wildman–Crippen MR) is 102 cm³/mol. The van der Waals surface area contributed by atoms with Crippen molar-refractivity contribution in [1.29, 1.82) is 0 Å². The molecule has 0 saturated carbocycles. The van der Waals surface area contributed by atoms with E-state index in [1.54, 1.807) is 7.11 Å². The van der Waals surface area contributed by atoms with Crippen molar-refractivity contribution in [2.24, 2.45) is 0 Å². The molecule has 0 bridgehead atoms. The fraction of sp³-hybridized carbons (Fsp3) is 0.273. The molecule has 2 aromatic rings. The maximum absolute atomic E-state index is 5.04. The Labute approximate surface area is 141 Å². The van der Waals surface area contributed by atoms with E-state index >= 15 is 0 Å². The Morgan fingerprint density at radius 2 is 1.74 bits per heavy atom. The van der Waals surface area contributed by atoms with Crippen LogP contribution in [0.1, 0.15) is 42.5 Å². The molecule has 1 heteroatoms. The molecule has 0 aliphatic rings. The molecule has 0 spiro atoms. The van der Waals surface area contributed by atoms with Crippen molar-refractivity contribution in [3.05, 3.63) is 83.9 Å². The van der Waals surface area contributed by atoms with Crippen LogP contribution >= 0.6 is 0 Å². The second-order valence-electron chi connectivity index (χ2n) is 5.38. The summed E-state index contributed by atoms with van der Waals surface area (Å²) in [4.78, 5) is 0. The summed E-state index contributed by atoms with van der Waals surface area (Å²) >= 11 is 0. The number of ether oxygens (including phenoxy) is 1. The van der Waals surface area contributed by atoms with Crippen LogP contribution in [0.2, 0.25) is 0 Å². The predicted octanol–water partition coefficient (Wildman–Crippen LogP) is 6.15. The zero-order valence-electron chi connectivity index (χ0n) is 14.6. The molecular formula is C22H28O. The van der Waals surface area contributed by atoms with Gasteiger partial charge in [0.15, 0.2) is 0 Å². The van der Waals surface area contributed by atoms with E-state index in [0.717, 1.165) is 17.7 Å².